The largest absolute Gasteiger partial charge is 0.484 e. The molecule has 0 bridgehead atoms. The number of hydrogen-bond donors (Lipinski definition) is 2. The van der Waals surface area contributed by atoms with Gasteiger partial charge < -0.3 is 15.8 Å². The molecule has 2 rings (SSSR count). The number of hydrogen-bond acceptors (Lipinski definition) is 3. The topological polar surface area (TPSA) is 64.3 Å². The minimum absolute atomic E-state index is 0. The SMILES string of the molecule is CCc1ccc(OCC(=O)NC(CN)C2CC2)cc1.Cl. The van der Waals surface area contributed by atoms with Gasteiger partial charge in [-0.3, -0.25) is 4.79 Å². The molecule has 20 heavy (non-hydrogen) atoms. The van der Waals surface area contributed by atoms with Crippen LogP contribution >= 0.6 is 12.4 Å². The molecule has 0 heterocycles. The molecular weight excluding hydrogens is 276 g/mol. The highest BCUT2D eigenvalue weighted by Gasteiger charge is 2.31. The zero-order valence-corrected chi connectivity index (χ0v) is 12.6. The van der Waals surface area contributed by atoms with Crippen LogP contribution in [0.25, 0.3) is 0 Å². The minimum atomic E-state index is -0.0954. The number of ether oxygens (including phenoxy) is 1. The summed E-state index contributed by atoms with van der Waals surface area (Å²) in [5.41, 5.74) is 6.90. The van der Waals surface area contributed by atoms with Crippen LogP contribution in [-0.4, -0.2) is 25.1 Å². The van der Waals surface area contributed by atoms with E-state index >= 15 is 0 Å². The molecule has 0 saturated heterocycles. The molecule has 1 amide bonds. The fourth-order valence-electron chi connectivity index (χ4n) is 2.09. The van der Waals surface area contributed by atoms with Crippen LogP contribution in [0.15, 0.2) is 24.3 Å². The molecular formula is C15H23ClN2O2. The van der Waals surface area contributed by atoms with Crippen molar-refractivity contribution < 1.29 is 9.53 Å². The van der Waals surface area contributed by atoms with Crippen molar-refractivity contribution in [3.8, 4) is 5.75 Å². The van der Waals surface area contributed by atoms with E-state index in [-0.39, 0.29) is 31.0 Å². The molecule has 1 saturated carbocycles. The summed E-state index contributed by atoms with van der Waals surface area (Å²) in [6.07, 6.45) is 3.34. The van der Waals surface area contributed by atoms with E-state index in [0.717, 1.165) is 12.2 Å². The van der Waals surface area contributed by atoms with Gasteiger partial charge in [-0.2, -0.15) is 0 Å². The van der Waals surface area contributed by atoms with Crippen molar-refractivity contribution in [2.75, 3.05) is 13.2 Å². The van der Waals surface area contributed by atoms with Crippen molar-refractivity contribution >= 4 is 18.3 Å². The van der Waals surface area contributed by atoms with Crippen LogP contribution in [0.5, 0.6) is 5.75 Å². The molecule has 1 aromatic carbocycles. The van der Waals surface area contributed by atoms with Gasteiger partial charge in [-0.25, -0.2) is 0 Å². The zero-order chi connectivity index (χ0) is 13.7. The molecule has 4 nitrogen and oxygen atoms in total. The number of aryl methyl sites for hydroxylation is 1. The Morgan fingerprint density at radius 3 is 2.55 bits per heavy atom. The molecule has 0 radical (unpaired) electrons. The van der Waals surface area contributed by atoms with Gasteiger partial charge in [0, 0.05) is 12.6 Å². The summed E-state index contributed by atoms with van der Waals surface area (Å²) >= 11 is 0. The Labute approximate surface area is 126 Å². The highest BCUT2D eigenvalue weighted by Crippen LogP contribution is 2.32. The predicted octanol–water partition coefficient (Wildman–Crippen LogP) is 1.90. The highest BCUT2D eigenvalue weighted by molar-refractivity contribution is 5.85. The van der Waals surface area contributed by atoms with Gasteiger partial charge in [0.25, 0.3) is 5.91 Å². The van der Waals surface area contributed by atoms with Gasteiger partial charge >= 0.3 is 0 Å². The van der Waals surface area contributed by atoms with Gasteiger partial charge in [-0.05, 0) is 42.9 Å². The number of amides is 1. The fraction of sp³-hybridized carbons (Fsp3) is 0.533. The van der Waals surface area contributed by atoms with E-state index in [2.05, 4.69) is 12.2 Å². The second-order valence-electron chi connectivity index (χ2n) is 5.03. The van der Waals surface area contributed by atoms with Crippen molar-refractivity contribution in [1.29, 1.82) is 0 Å². The predicted molar refractivity (Wildman–Crippen MR) is 82.3 cm³/mol. The first-order valence-electron chi connectivity index (χ1n) is 6.94. The van der Waals surface area contributed by atoms with E-state index in [1.807, 2.05) is 24.3 Å². The van der Waals surface area contributed by atoms with Crippen molar-refractivity contribution in [2.24, 2.45) is 11.7 Å². The third kappa shape index (κ3) is 5.02. The minimum Gasteiger partial charge on any atom is -0.484 e. The van der Waals surface area contributed by atoms with Crippen LogP contribution in [0.3, 0.4) is 0 Å². The van der Waals surface area contributed by atoms with Crippen LogP contribution in [0.1, 0.15) is 25.3 Å². The van der Waals surface area contributed by atoms with E-state index in [0.29, 0.717) is 12.5 Å². The molecule has 1 unspecified atom stereocenters. The molecule has 1 aliphatic carbocycles. The maximum Gasteiger partial charge on any atom is 0.258 e. The van der Waals surface area contributed by atoms with Crippen molar-refractivity contribution in [1.82, 2.24) is 5.32 Å². The van der Waals surface area contributed by atoms with Crippen molar-refractivity contribution in [3.05, 3.63) is 29.8 Å². The maximum absolute atomic E-state index is 11.7. The van der Waals surface area contributed by atoms with Crippen LogP contribution in [-0.2, 0) is 11.2 Å². The van der Waals surface area contributed by atoms with E-state index in [9.17, 15) is 4.79 Å². The van der Waals surface area contributed by atoms with Crippen LogP contribution in [0.2, 0.25) is 0 Å². The van der Waals surface area contributed by atoms with Gasteiger partial charge in [0.15, 0.2) is 6.61 Å². The lowest BCUT2D eigenvalue weighted by Crippen LogP contribution is -2.43. The Morgan fingerprint density at radius 1 is 1.40 bits per heavy atom. The number of halogens is 1. The Balaban J connectivity index is 0.00000200. The standard InChI is InChI=1S/C15H22N2O2.ClH/c1-2-11-3-7-13(8-4-11)19-10-15(18)17-14(9-16)12-5-6-12;/h3-4,7-8,12,14H,2,5-6,9-10,16H2,1H3,(H,17,18);1H. The molecule has 5 heteroatoms. The quantitative estimate of drug-likeness (QED) is 0.808. The summed E-state index contributed by atoms with van der Waals surface area (Å²) in [5.74, 6) is 1.20. The Hall–Kier alpha value is -1.26. The van der Waals surface area contributed by atoms with E-state index in [4.69, 9.17) is 10.5 Å². The van der Waals surface area contributed by atoms with Crippen LogP contribution in [0.4, 0.5) is 0 Å². The highest BCUT2D eigenvalue weighted by atomic mass is 35.5. The molecule has 1 fully saturated rings. The summed E-state index contributed by atoms with van der Waals surface area (Å²) in [6.45, 7) is 2.66. The van der Waals surface area contributed by atoms with E-state index in [1.54, 1.807) is 0 Å². The third-order valence-electron chi connectivity index (χ3n) is 3.49. The first-order chi connectivity index (χ1) is 9.22. The van der Waals surface area contributed by atoms with Gasteiger partial charge in [-0.1, -0.05) is 19.1 Å². The molecule has 3 N–H and O–H groups in total. The Kier molecular flexibility index (Phi) is 6.82. The molecule has 1 atom stereocenters. The van der Waals surface area contributed by atoms with Crippen molar-refractivity contribution in [2.45, 2.75) is 32.2 Å². The van der Waals surface area contributed by atoms with Gasteiger partial charge in [0.1, 0.15) is 5.75 Å². The average Bonchev–Trinajstić information content (AvgIpc) is 3.27. The fourth-order valence-corrected chi connectivity index (χ4v) is 2.09. The molecule has 0 aromatic heterocycles. The maximum atomic E-state index is 11.7. The third-order valence-corrected chi connectivity index (χ3v) is 3.49. The lowest BCUT2D eigenvalue weighted by Gasteiger charge is -2.16. The monoisotopic (exact) mass is 298 g/mol. The summed E-state index contributed by atoms with van der Waals surface area (Å²) in [4.78, 5) is 11.7. The second-order valence-corrected chi connectivity index (χ2v) is 5.03. The summed E-state index contributed by atoms with van der Waals surface area (Å²) < 4.78 is 5.46. The lowest BCUT2D eigenvalue weighted by molar-refractivity contribution is -0.123. The normalized spacial score (nSPS) is 15.1. The van der Waals surface area contributed by atoms with Crippen LogP contribution in [0, 0.1) is 5.92 Å². The first-order valence-corrected chi connectivity index (χ1v) is 6.94. The number of rotatable bonds is 7. The smallest absolute Gasteiger partial charge is 0.258 e. The first kappa shape index (κ1) is 16.8. The molecule has 1 aliphatic rings. The van der Waals surface area contributed by atoms with E-state index in [1.165, 1.54) is 18.4 Å². The average molecular weight is 299 g/mol. The number of benzene rings is 1. The van der Waals surface area contributed by atoms with Crippen molar-refractivity contribution in [3.63, 3.8) is 0 Å². The lowest BCUT2D eigenvalue weighted by atomic mass is 10.2. The molecule has 0 aliphatic heterocycles. The molecule has 0 spiro atoms. The second kappa shape index (κ2) is 8.12. The number of carbonyl (C=O) groups excluding carboxylic acids is 1. The van der Waals surface area contributed by atoms with Gasteiger partial charge in [0.2, 0.25) is 0 Å². The zero-order valence-electron chi connectivity index (χ0n) is 11.8. The number of nitrogens with two attached hydrogens (primary N) is 1. The molecule has 112 valence electrons. The number of nitrogens with one attached hydrogen (secondary N) is 1. The number of carbonyl (C=O) groups is 1. The molecule has 1 aromatic rings. The summed E-state index contributed by atoms with van der Waals surface area (Å²) in [6, 6.07) is 7.93. The van der Waals surface area contributed by atoms with E-state index < -0.39 is 0 Å². The Morgan fingerprint density at radius 2 is 2.05 bits per heavy atom. The van der Waals surface area contributed by atoms with Crippen LogP contribution < -0.4 is 15.8 Å². The van der Waals surface area contributed by atoms with Gasteiger partial charge in [0.05, 0.1) is 0 Å². The van der Waals surface area contributed by atoms with Gasteiger partial charge in [-0.15, -0.1) is 12.4 Å². The Bertz CT molecular complexity index is 418. The summed E-state index contributed by atoms with van der Waals surface area (Å²) in [7, 11) is 0. The summed E-state index contributed by atoms with van der Waals surface area (Å²) in [5, 5.41) is 2.93.